The third-order valence-electron chi connectivity index (χ3n) is 3.91. The van der Waals surface area contributed by atoms with E-state index in [0.29, 0.717) is 17.0 Å². The van der Waals surface area contributed by atoms with Gasteiger partial charge < -0.3 is 10.1 Å². The lowest BCUT2D eigenvalue weighted by Crippen LogP contribution is -2.24. The number of rotatable bonds is 7. The van der Waals surface area contributed by atoms with Crippen LogP contribution in [0.4, 0.5) is 5.69 Å². The van der Waals surface area contributed by atoms with Crippen LogP contribution < -0.4 is 10.1 Å². The van der Waals surface area contributed by atoms with E-state index in [1.54, 1.807) is 25.1 Å². The maximum Gasteiger partial charge on any atom is 0.262 e. The number of carbonyl (C=O) groups is 1. The highest BCUT2D eigenvalue weighted by Crippen LogP contribution is 2.22. The van der Waals surface area contributed by atoms with Gasteiger partial charge in [-0.1, -0.05) is 25.1 Å². The van der Waals surface area contributed by atoms with Gasteiger partial charge in [0.25, 0.3) is 5.91 Å². The quantitative estimate of drug-likeness (QED) is 0.806. The van der Waals surface area contributed by atoms with Gasteiger partial charge in [-0.25, -0.2) is 12.7 Å². The third kappa shape index (κ3) is 4.83. The number of hydrogen-bond donors (Lipinski definition) is 1. The SMILES string of the molecule is CCc1cccc(OCC(=O)Nc2ccc(C)c(S(=O)(=O)N(C)C)c2)c1. The Kier molecular flexibility index (Phi) is 6.39. The van der Waals surface area contributed by atoms with Crippen molar-refractivity contribution in [1.29, 1.82) is 0 Å². The topological polar surface area (TPSA) is 75.7 Å². The highest BCUT2D eigenvalue weighted by Gasteiger charge is 2.20. The van der Waals surface area contributed by atoms with Crippen LogP contribution in [-0.4, -0.2) is 39.3 Å². The Morgan fingerprint density at radius 3 is 2.54 bits per heavy atom. The summed E-state index contributed by atoms with van der Waals surface area (Å²) in [4.78, 5) is 12.3. The van der Waals surface area contributed by atoms with Crippen LogP contribution in [0.5, 0.6) is 5.75 Å². The van der Waals surface area contributed by atoms with Crippen molar-refractivity contribution in [2.24, 2.45) is 0 Å². The fraction of sp³-hybridized carbons (Fsp3) is 0.316. The van der Waals surface area contributed by atoms with Crippen molar-refractivity contribution < 1.29 is 17.9 Å². The lowest BCUT2D eigenvalue weighted by Gasteiger charge is -2.15. The number of ether oxygens (including phenoxy) is 1. The predicted octanol–water partition coefficient (Wildman–Crippen LogP) is 2.83. The Bertz CT molecular complexity index is 892. The molecule has 2 aromatic rings. The highest BCUT2D eigenvalue weighted by atomic mass is 32.2. The monoisotopic (exact) mass is 376 g/mol. The second-order valence-corrected chi connectivity index (χ2v) is 8.23. The van der Waals surface area contributed by atoms with Crippen LogP contribution in [0.1, 0.15) is 18.1 Å². The van der Waals surface area contributed by atoms with Crippen LogP contribution in [0.3, 0.4) is 0 Å². The standard InChI is InChI=1S/C19H24N2O4S/c1-5-15-7-6-8-17(11-15)25-13-19(22)20-16-10-9-14(2)18(12-16)26(23,24)21(3)4/h6-12H,5,13H2,1-4H3,(H,20,22). The molecule has 0 aliphatic carbocycles. The number of sulfonamides is 1. The molecule has 0 unspecified atom stereocenters. The molecule has 2 aromatic carbocycles. The number of amides is 1. The first-order valence-corrected chi connectivity index (χ1v) is 9.73. The van der Waals surface area contributed by atoms with Crippen LogP contribution in [0.25, 0.3) is 0 Å². The summed E-state index contributed by atoms with van der Waals surface area (Å²) in [6.45, 7) is 3.60. The van der Waals surface area contributed by atoms with Gasteiger partial charge in [0.05, 0.1) is 4.90 Å². The number of aryl methyl sites for hydroxylation is 2. The molecule has 0 spiro atoms. The smallest absolute Gasteiger partial charge is 0.262 e. The normalized spacial score (nSPS) is 11.4. The summed E-state index contributed by atoms with van der Waals surface area (Å²) < 4.78 is 31.3. The predicted molar refractivity (Wildman–Crippen MR) is 102 cm³/mol. The molecule has 0 atom stereocenters. The van der Waals surface area contributed by atoms with Crippen molar-refractivity contribution in [3.05, 3.63) is 53.6 Å². The largest absolute Gasteiger partial charge is 0.484 e. The van der Waals surface area contributed by atoms with E-state index in [1.807, 2.05) is 25.1 Å². The molecule has 7 heteroatoms. The lowest BCUT2D eigenvalue weighted by atomic mass is 10.2. The Morgan fingerprint density at radius 1 is 1.15 bits per heavy atom. The molecule has 0 fully saturated rings. The minimum Gasteiger partial charge on any atom is -0.484 e. The zero-order chi connectivity index (χ0) is 19.3. The summed E-state index contributed by atoms with van der Waals surface area (Å²) in [7, 11) is -0.637. The third-order valence-corrected chi connectivity index (χ3v) is 5.86. The first-order valence-electron chi connectivity index (χ1n) is 8.28. The van der Waals surface area contributed by atoms with Crippen molar-refractivity contribution in [2.45, 2.75) is 25.2 Å². The van der Waals surface area contributed by atoms with E-state index in [9.17, 15) is 13.2 Å². The summed E-state index contributed by atoms with van der Waals surface area (Å²) >= 11 is 0. The number of nitrogens with zero attached hydrogens (tertiary/aromatic N) is 1. The van der Waals surface area contributed by atoms with Crippen LogP contribution in [0.15, 0.2) is 47.4 Å². The summed E-state index contributed by atoms with van der Waals surface area (Å²) in [5, 5.41) is 2.67. The van der Waals surface area contributed by atoms with Crippen LogP contribution in [0, 0.1) is 6.92 Å². The average molecular weight is 376 g/mol. The van der Waals surface area contributed by atoms with Gasteiger partial charge in [-0.05, 0) is 48.7 Å². The molecule has 0 aliphatic heterocycles. The summed E-state index contributed by atoms with van der Waals surface area (Å²) in [5.41, 5.74) is 2.15. The molecule has 0 aromatic heterocycles. The van der Waals surface area contributed by atoms with E-state index in [1.165, 1.54) is 20.2 Å². The zero-order valence-corrected chi connectivity index (χ0v) is 16.3. The number of benzene rings is 2. The molecule has 0 aliphatic rings. The Morgan fingerprint density at radius 2 is 1.88 bits per heavy atom. The van der Waals surface area contributed by atoms with Gasteiger partial charge >= 0.3 is 0 Å². The maximum absolute atomic E-state index is 12.4. The Hall–Kier alpha value is -2.38. The molecule has 1 N–H and O–H groups in total. The van der Waals surface area contributed by atoms with Crippen LogP contribution in [-0.2, 0) is 21.2 Å². The Balaban J connectivity index is 2.07. The maximum atomic E-state index is 12.4. The van der Waals surface area contributed by atoms with Gasteiger partial charge in [-0.15, -0.1) is 0 Å². The van der Waals surface area contributed by atoms with Crippen molar-refractivity contribution in [2.75, 3.05) is 26.0 Å². The average Bonchev–Trinajstić information content (AvgIpc) is 2.61. The summed E-state index contributed by atoms with van der Waals surface area (Å²) in [6, 6.07) is 12.3. The second-order valence-electron chi connectivity index (χ2n) is 6.11. The highest BCUT2D eigenvalue weighted by molar-refractivity contribution is 7.89. The van der Waals surface area contributed by atoms with E-state index in [0.717, 1.165) is 16.3 Å². The zero-order valence-electron chi connectivity index (χ0n) is 15.4. The van der Waals surface area contributed by atoms with Gasteiger partial charge in [-0.2, -0.15) is 0 Å². The molecule has 0 saturated carbocycles. The van der Waals surface area contributed by atoms with Gasteiger partial charge in [0.1, 0.15) is 5.75 Å². The van der Waals surface area contributed by atoms with E-state index in [4.69, 9.17) is 4.74 Å². The molecular formula is C19H24N2O4S. The van der Waals surface area contributed by atoms with Gasteiger partial charge in [0.15, 0.2) is 6.61 Å². The van der Waals surface area contributed by atoms with Crippen molar-refractivity contribution in [3.8, 4) is 5.75 Å². The number of carbonyl (C=O) groups excluding carboxylic acids is 1. The lowest BCUT2D eigenvalue weighted by molar-refractivity contribution is -0.118. The molecule has 6 nitrogen and oxygen atoms in total. The Labute approximate surface area is 154 Å². The van der Waals surface area contributed by atoms with Gasteiger partial charge in [-0.3, -0.25) is 4.79 Å². The molecule has 0 heterocycles. The van der Waals surface area contributed by atoms with Gasteiger partial charge in [0, 0.05) is 19.8 Å². The number of hydrogen-bond acceptors (Lipinski definition) is 4. The first kappa shape index (κ1) is 19.9. The minimum absolute atomic E-state index is 0.156. The molecule has 0 radical (unpaired) electrons. The number of anilines is 1. The first-order chi connectivity index (χ1) is 12.2. The number of nitrogens with one attached hydrogen (secondary N) is 1. The van der Waals surface area contributed by atoms with E-state index >= 15 is 0 Å². The molecule has 0 saturated heterocycles. The van der Waals surface area contributed by atoms with E-state index in [2.05, 4.69) is 5.32 Å². The second kappa shape index (κ2) is 8.33. The van der Waals surface area contributed by atoms with E-state index < -0.39 is 10.0 Å². The minimum atomic E-state index is -3.58. The van der Waals surface area contributed by atoms with E-state index in [-0.39, 0.29) is 17.4 Å². The summed E-state index contributed by atoms with van der Waals surface area (Å²) in [5.74, 6) is 0.267. The molecule has 1 amide bonds. The fourth-order valence-electron chi connectivity index (χ4n) is 2.35. The van der Waals surface area contributed by atoms with Crippen LogP contribution >= 0.6 is 0 Å². The van der Waals surface area contributed by atoms with Crippen molar-refractivity contribution in [3.63, 3.8) is 0 Å². The van der Waals surface area contributed by atoms with Gasteiger partial charge in [0.2, 0.25) is 10.0 Å². The molecule has 26 heavy (non-hydrogen) atoms. The van der Waals surface area contributed by atoms with Crippen molar-refractivity contribution >= 4 is 21.6 Å². The fourth-order valence-corrected chi connectivity index (χ4v) is 3.50. The van der Waals surface area contributed by atoms with Crippen molar-refractivity contribution in [1.82, 2.24) is 4.31 Å². The molecular weight excluding hydrogens is 352 g/mol. The molecule has 140 valence electrons. The molecule has 0 bridgehead atoms. The van der Waals surface area contributed by atoms with Crippen LogP contribution in [0.2, 0.25) is 0 Å². The summed E-state index contributed by atoms with van der Waals surface area (Å²) in [6.07, 6.45) is 0.885. The molecule has 2 rings (SSSR count).